The Hall–Kier alpha value is 0.190. The van der Waals surface area contributed by atoms with Gasteiger partial charge in [-0.2, -0.15) is 12.6 Å². The maximum absolute atomic E-state index is 4.37. The molecule has 0 heterocycles. The van der Waals surface area contributed by atoms with Crippen molar-refractivity contribution in [2.24, 2.45) is 0 Å². The van der Waals surface area contributed by atoms with E-state index < -0.39 is 0 Å². The summed E-state index contributed by atoms with van der Waals surface area (Å²) >= 11 is 4.37. The second-order valence-corrected chi connectivity index (χ2v) is 8.09. The molecule has 164 valence electrons. The maximum atomic E-state index is 4.37. The van der Waals surface area contributed by atoms with Crippen molar-refractivity contribution in [3.05, 3.63) is 0 Å². The molecule has 3 N–H and O–H groups in total. The molecular formula is C22H50N4S. The van der Waals surface area contributed by atoms with Crippen LogP contribution in [0.25, 0.3) is 0 Å². The molecule has 0 bridgehead atoms. The second kappa shape index (κ2) is 24.2. The molecule has 0 spiro atoms. The first-order valence-corrected chi connectivity index (χ1v) is 12.4. The zero-order chi connectivity index (χ0) is 19.8. The summed E-state index contributed by atoms with van der Waals surface area (Å²) in [6.45, 7) is 14.9. The molecule has 0 atom stereocenters. The van der Waals surface area contributed by atoms with E-state index in [2.05, 4.69) is 47.3 Å². The Bertz CT molecular complexity index is 267. The van der Waals surface area contributed by atoms with Crippen LogP contribution in [0, 0.1) is 0 Å². The molecule has 0 aromatic heterocycles. The number of hydrogen-bond donors (Lipinski definition) is 4. The van der Waals surface area contributed by atoms with Crippen LogP contribution in [-0.2, 0) is 0 Å². The van der Waals surface area contributed by atoms with Gasteiger partial charge in [-0.1, -0.05) is 52.4 Å². The van der Waals surface area contributed by atoms with Crippen molar-refractivity contribution in [1.82, 2.24) is 20.9 Å². The molecule has 0 radical (unpaired) electrons. The molecule has 0 amide bonds. The predicted octanol–water partition coefficient (Wildman–Crippen LogP) is 3.93. The van der Waals surface area contributed by atoms with E-state index >= 15 is 0 Å². The quantitative estimate of drug-likeness (QED) is 0.154. The van der Waals surface area contributed by atoms with Crippen LogP contribution in [0.5, 0.6) is 0 Å². The molecule has 0 aliphatic carbocycles. The molecule has 0 aromatic carbocycles. The molecule has 0 aromatic rings. The maximum Gasteiger partial charge on any atom is 0.0107 e. The number of hydrogen-bond acceptors (Lipinski definition) is 5. The summed E-state index contributed by atoms with van der Waals surface area (Å²) in [5.74, 6) is 0.967. The molecule has 0 rings (SSSR count). The van der Waals surface area contributed by atoms with Gasteiger partial charge in [-0.25, -0.2) is 0 Å². The fourth-order valence-corrected chi connectivity index (χ4v) is 3.44. The summed E-state index contributed by atoms with van der Waals surface area (Å²) < 4.78 is 0. The Morgan fingerprint density at radius 2 is 1.04 bits per heavy atom. The van der Waals surface area contributed by atoms with Gasteiger partial charge in [-0.3, -0.25) is 0 Å². The van der Waals surface area contributed by atoms with Crippen LogP contribution in [0.3, 0.4) is 0 Å². The fourth-order valence-electron chi connectivity index (χ4n) is 3.16. The van der Waals surface area contributed by atoms with Gasteiger partial charge in [-0.05, 0) is 51.9 Å². The lowest BCUT2D eigenvalue weighted by Gasteiger charge is -2.21. The van der Waals surface area contributed by atoms with Crippen molar-refractivity contribution in [3.63, 3.8) is 0 Å². The van der Waals surface area contributed by atoms with Gasteiger partial charge in [0.1, 0.15) is 0 Å². The molecule has 0 unspecified atom stereocenters. The van der Waals surface area contributed by atoms with E-state index in [4.69, 9.17) is 0 Å². The summed E-state index contributed by atoms with van der Waals surface area (Å²) in [5.41, 5.74) is 0. The Balaban J connectivity index is 3.17. The van der Waals surface area contributed by atoms with Crippen LogP contribution in [0.2, 0.25) is 0 Å². The summed E-state index contributed by atoms with van der Waals surface area (Å²) in [4.78, 5) is 2.54. The topological polar surface area (TPSA) is 39.3 Å². The van der Waals surface area contributed by atoms with Gasteiger partial charge in [0.25, 0.3) is 0 Å². The van der Waals surface area contributed by atoms with Gasteiger partial charge in [0.05, 0.1) is 0 Å². The van der Waals surface area contributed by atoms with Crippen molar-refractivity contribution < 1.29 is 0 Å². The molecular weight excluding hydrogens is 352 g/mol. The summed E-state index contributed by atoms with van der Waals surface area (Å²) in [5, 5.41) is 10.6. The largest absolute Gasteiger partial charge is 0.315 e. The first kappa shape index (κ1) is 27.2. The van der Waals surface area contributed by atoms with Gasteiger partial charge >= 0.3 is 0 Å². The van der Waals surface area contributed by atoms with Crippen molar-refractivity contribution in [3.8, 4) is 0 Å². The predicted molar refractivity (Wildman–Crippen MR) is 126 cm³/mol. The first-order chi connectivity index (χ1) is 13.3. The van der Waals surface area contributed by atoms with Crippen LogP contribution in [0.15, 0.2) is 0 Å². The van der Waals surface area contributed by atoms with E-state index in [0.717, 1.165) is 31.9 Å². The first-order valence-electron chi connectivity index (χ1n) is 11.8. The molecule has 0 aliphatic heterocycles. The number of nitrogens with one attached hydrogen (secondary N) is 3. The lowest BCUT2D eigenvalue weighted by Crippen LogP contribution is -2.34. The summed E-state index contributed by atoms with van der Waals surface area (Å²) in [6.07, 6.45) is 13.3. The van der Waals surface area contributed by atoms with Crippen LogP contribution in [-0.4, -0.2) is 69.6 Å². The van der Waals surface area contributed by atoms with Crippen molar-refractivity contribution in [1.29, 1.82) is 0 Å². The smallest absolute Gasteiger partial charge is 0.0107 e. The van der Waals surface area contributed by atoms with Crippen LogP contribution < -0.4 is 16.0 Å². The molecule has 0 saturated heterocycles. The van der Waals surface area contributed by atoms with Crippen molar-refractivity contribution >= 4 is 12.6 Å². The van der Waals surface area contributed by atoms with Crippen molar-refractivity contribution in [2.75, 3.05) is 64.7 Å². The Morgan fingerprint density at radius 3 is 1.59 bits per heavy atom. The van der Waals surface area contributed by atoms with E-state index in [1.54, 1.807) is 0 Å². The highest BCUT2D eigenvalue weighted by atomic mass is 32.1. The molecule has 27 heavy (non-hydrogen) atoms. The lowest BCUT2D eigenvalue weighted by atomic mass is 10.1. The highest BCUT2D eigenvalue weighted by Gasteiger charge is 2.02. The van der Waals surface area contributed by atoms with Crippen LogP contribution in [0.4, 0.5) is 0 Å². The molecule has 5 heteroatoms. The third-order valence-electron chi connectivity index (χ3n) is 4.99. The molecule has 0 aliphatic rings. The minimum absolute atomic E-state index is 0.967. The normalized spacial score (nSPS) is 11.6. The van der Waals surface area contributed by atoms with E-state index in [-0.39, 0.29) is 0 Å². The van der Waals surface area contributed by atoms with Gasteiger partial charge in [0.2, 0.25) is 0 Å². The van der Waals surface area contributed by atoms with Crippen molar-refractivity contribution in [2.45, 2.75) is 78.1 Å². The second-order valence-electron chi connectivity index (χ2n) is 7.64. The van der Waals surface area contributed by atoms with Crippen LogP contribution in [0.1, 0.15) is 78.1 Å². The highest BCUT2D eigenvalue weighted by Crippen LogP contribution is 2.04. The highest BCUT2D eigenvalue weighted by molar-refractivity contribution is 7.80. The third kappa shape index (κ3) is 22.3. The molecule has 0 fully saturated rings. The zero-order valence-corrected chi connectivity index (χ0v) is 19.4. The number of thiol groups is 1. The third-order valence-corrected chi connectivity index (χ3v) is 5.19. The molecule has 0 saturated carbocycles. The number of unbranched alkanes of at least 4 members (excludes halogenated alkanes) is 7. The SMILES string of the molecule is CCCCNCCNCCCCCCCCNCCN(CCS)CCCC. The minimum atomic E-state index is 0.967. The number of nitrogens with zero attached hydrogens (tertiary/aromatic N) is 1. The summed E-state index contributed by atoms with van der Waals surface area (Å²) in [6, 6.07) is 0. The fraction of sp³-hybridized carbons (Fsp3) is 1.00. The van der Waals surface area contributed by atoms with Gasteiger partial charge in [0.15, 0.2) is 0 Å². The Morgan fingerprint density at radius 1 is 0.519 bits per heavy atom. The lowest BCUT2D eigenvalue weighted by molar-refractivity contribution is 0.285. The van der Waals surface area contributed by atoms with Crippen LogP contribution >= 0.6 is 12.6 Å². The Labute approximate surface area is 176 Å². The van der Waals surface area contributed by atoms with E-state index in [9.17, 15) is 0 Å². The minimum Gasteiger partial charge on any atom is -0.315 e. The monoisotopic (exact) mass is 402 g/mol. The van der Waals surface area contributed by atoms with Gasteiger partial charge < -0.3 is 20.9 Å². The zero-order valence-electron chi connectivity index (χ0n) is 18.5. The van der Waals surface area contributed by atoms with Gasteiger partial charge in [-0.15, -0.1) is 0 Å². The standard InChI is InChI=1S/C22H50N4S/c1-3-5-13-23-16-17-24-14-11-9-7-8-10-12-15-25-18-20-26(21-22-27)19-6-4-2/h23-25,27H,3-22H2,1-2H3. The average molecular weight is 403 g/mol. The van der Waals surface area contributed by atoms with E-state index in [1.165, 1.54) is 96.9 Å². The number of rotatable bonds is 23. The van der Waals surface area contributed by atoms with Gasteiger partial charge in [0, 0.05) is 38.5 Å². The Kier molecular flexibility index (Phi) is 24.4. The summed E-state index contributed by atoms with van der Waals surface area (Å²) in [7, 11) is 0. The average Bonchev–Trinajstić information content (AvgIpc) is 2.68. The molecule has 4 nitrogen and oxygen atoms in total. The van der Waals surface area contributed by atoms with E-state index in [1.807, 2.05) is 0 Å². The van der Waals surface area contributed by atoms with E-state index in [0.29, 0.717) is 0 Å².